The molecule has 1 aliphatic heterocycles. The molecule has 0 aliphatic carbocycles. The number of hydrogen-bond donors (Lipinski definition) is 2. The molecule has 0 radical (unpaired) electrons. The summed E-state index contributed by atoms with van der Waals surface area (Å²) in [5.41, 5.74) is 0.570. The molecule has 1 unspecified atom stereocenters. The summed E-state index contributed by atoms with van der Waals surface area (Å²) in [5, 5.41) is 7.14. The summed E-state index contributed by atoms with van der Waals surface area (Å²) in [5.74, 6) is 0.550. The fourth-order valence-corrected chi connectivity index (χ4v) is 3.69. The van der Waals surface area contributed by atoms with Crippen LogP contribution in [-0.2, 0) is 10.2 Å². The van der Waals surface area contributed by atoms with Gasteiger partial charge in [0, 0.05) is 49.1 Å². The number of hydrogen-bond acceptors (Lipinski definition) is 2. The number of aliphatic imine (C=N–C) groups is 1. The number of rotatable bonds is 5. The lowest BCUT2D eigenvalue weighted by Gasteiger charge is -2.28. The van der Waals surface area contributed by atoms with Crippen LogP contribution in [0.15, 0.2) is 23.2 Å². The third-order valence-electron chi connectivity index (χ3n) is 4.92. The van der Waals surface area contributed by atoms with Gasteiger partial charge in [-0.25, -0.2) is 4.39 Å². The second kappa shape index (κ2) is 8.91. The van der Waals surface area contributed by atoms with Gasteiger partial charge in [-0.2, -0.15) is 0 Å². The molecule has 27 heavy (non-hydrogen) atoms. The Balaban J connectivity index is 1.93. The second-order valence-electron chi connectivity index (χ2n) is 8.00. The summed E-state index contributed by atoms with van der Waals surface area (Å²) < 4.78 is 13.3. The Labute approximate surface area is 166 Å². The monoisotopic (exact) mass is 396 g/mol. The standard InChI is InChI=1S/C20H30ClFN4O/c1-13(2)18(27)26-9-8-15(11-26)25-19(23-5)24-12-20(3,4)16-7-6-14(22)10-17(16)21/h6-7,10,13,15H,8-9,11-12H2,1-5H3,(H2,23,24,25). The van der Waals surface area contributed by atoms with Crippen LogP contribution in [0.25, 0.3) is 0 Å². The van der Waals surface area contributed by atoms with Gasteiger partial charge < -0.3 is 15.5 Å². The van der Waals surface area contributed by atoms with Gasteiger partial charge in [-0.1, -0.05) is 45.4 Å². The van der Waals surface area contributed by atoms with Crippen molar-refractivity contribution in [2.24, 2.45) is 10.9 Å². The van der Waals surface area contributed by atoms with Crippen molar-refractivity contribution in [2.75, 3.05) is 26.7 Å². The Hall–Kier alpha value is -1.82. The third kappa shape index (κ3) is 5.58. The Morgan fingerprint density at radius 3 is 2.74 bits per heavy atom. The van der Waals surface area contributed by atoms with E-state index in [0.29, 0.717) is 24.1 Å². The quantitative estimate of drug-likeness (QED) is 0.593. The van der Waals surface area contributed by atoms with Gasteiger partial charge in [0.25, 0.3) is 0 Å². The van der Waals surface area contributed by atoms with Gasteiger partial charge in [0.05, 0.1) is 0 Å². The van der Waals surface area contributed by atoms with Crippen LogP contribution in [0.2, 0.25) is 5.02 Å². The summed E-state index contributed by atoms with van der Waals surface area (Å²) in [7, 11) is 1.72. The molecule has 2 rings (SSSR count). The fraction of sp³-hybridized carbons (Fsp3) is 0.600. The number of carbonyl (C=O) groups excluding carboxylic acids is 1. The van der Waals surface area contributed by atoms with E-state index in [0.717, 1.165) is 18.5 Å². The topological polar surface area (TPSA) is 56.7 Å². The zero-order valence-electron chi connectivity index (χ0n) is 16.8. The molecule has 1 atom stereocenters. The third-order valence-corrected chi connectivity index (χ3v) is 5.23. The van der Waals surface area contributed by atoms with Crippen molar-refractivity contribution in [1.82, 2.24) is 15.5 Å². The maximum atomic E-state index is 13.3. The summed E-state index contributed by atoms with van der Waals surface area (Å²) >= 11 is 6.22. The first-order valence-corrected chi connectivity index (χ1v) is 9.73. The summed E-state index contributed by atoms with van der Waals surface area (Å²) in [4.78, 5) is 18.3. The molecule has 7 heteroatoms. The van der Waals surface area contributed by atoms with Crippen molar-refractivity contribution < 1.29 is 9.18 Å². The highest BCUT2D eigenvalue weighted by molar-refractivity contribution is 6.31. The average molecular weight is 397 g/mol. The van der Waals surface area contributed by atoms with Gasteiger partial charge in [0.15, 0.2) is 5.96 Å². The predicted molar refractivity (Wildman–Crippen MR) is 109 cm³/mol. The van der Waals surface area contributed by atoms with Crippen molar-refractivity contribution in [2.45, 2.75) is 45.6 Å². The normalized spacial score (nSPS) is 18.1. The van der Waals surface area contributed by atoms with E-state index in [2.05, 4.69) is 15.6 Å². The van der Waals surface area contributed by atoms with E-state index >= 15 is 0 Å². The van der Waals surface area contributed by atoms with E-state index in [1.807, 2.05) is 32.6 Å². The van der Waals surface area contributed by atoms with E-state index in [-0.39, 0.29) is 29.1 Å². The van der Waals surface area contributed by atoms with Crippen LogP contribution in [0, 0.1) is 11.7 Å². The van der Waals surface area contributed by atoms with Crippen molar-refractivity contribution in [3.8, 4) is 0 Å². The van der Waals surface area contributed by atoms with Gasteiger partial charge in [0.2, 0.25) is 5.91 Å². The van der Waals surface area contributed by atoms with E-state index in [9.17, 15) is 9.18 Å². The average Bonchev–Trinajstić information content (AvgIpc) is 3.05. The van der Waals surface area contributed by atoms with Gasteiger partial charge in [-0.15, -0.1) is 0 Å². The molecule has 1 aromatic rings. The van der Waals surface area contributed by atoms with Crippen molar-refractivity contribution >= 4 is 23.5 Å². The van der Waals surface area contributed by atoms with Gasteiger partial charge >= 0.3 is 0 Å². The highest BCUT2D eigenvalue weighted by Gasteiger charge is 2.29. The number of carbonyl (C=O) groups is 1. The van der Waals surface area contributed by atoms with Crippen LogP contribution in [0.3, 0.4) is 0 Å². The predicted octanol–water partition coefficient (Wildman–Crippen LogP) is 3.18. The fourth-order valence-electron chi connectivity index (χ4n) is 3.27. The number of likely N-dealkylation sites (tertiary alicyclic amines) is 1. The lowest BCUT2D eigenvalue weighted by Crippen LogP contribution is -2.48. The SMILES string of the molecule is CN=C(NCC(C)(C)c1ccc(F)cc1Cl)NC1CCN(C(=O)C(C)C)C1. The van der Waals surface area contributed by atoms with E-state index in [4.69, 9.17) is 11.6 Å². The molecular weight excluding hydrogens is 367 g/mol. The minimum Gasteiger partial charge on any atom is -0.356 e. The molecule has 1 fully saturated rings. The van der Waals surface area contributed by atoms with Crippen LogP contribution in [0.4, 0.5) is 4.39 Å². The molecule has 0 saturated carbocycles. The number of nitrogens with one attached hydrogen (secondary N) is 2. The van der Waals surface area contributed by atoms with Gasteiger partial charge in [-0.3, -0.25) is 9.79 Å². The molecule has 0 aromatic heterocycles. The highest BCUT2D eigenvalue weighted by Crippen LogP contribution is 2.29. The van der Waals surface area contributed by atoms with Crippen molar-refractivity contribution in [1.29, 1.82) is 0 Å². The molecule has 0 spiro atoms. The molecule has 1 amide bonds. The van der Waals surface area contributed by atoms with Crippen LogP contribution in [0.5, 0.6) is 0 Å². The Morgan fingerprint density at radius 1 is 1.44 bits per heavy atom. The number of guanidine groups is 1. The maximum Gasteiger partial charge on any atom is 0.225 e. The first kappa shape index (κ1) is 21.5. The van der Waals surface area contributed by atoms with Crippen molar-refractivity contribution in [3.63, 3.8) is 0 Å². The Morgan fingerprint density at radius 2 is 2.15 bits per heavy atom. The Bertz CT molecular complexity index is 705. The molecule has 1 aromatic carbocycles. The van der Waals surface area contributed by atoms with E-state index in [1.165, 1.54) is 12.1 Å². The van der Waals surface area contributed by atoms with Gasteiger partial charge in [0.1, 0.15) is 5.82 Å². The first-order chi connectivity index (χ1) is 12.6. The van der Waals surface area contributed by atoms with E-state index in [1.54, 1.807) is 13.1 Å². The maximum absolute atomic E-state index is 13.3. The minimum atomic E-state index is -0.341. The molecule has 2 N–H and O–H groups in total. The van der Waals surface area contributed by atoms with Crippen LogP contribution < -0.4 is 10.6 Å². The smallest absolute Gasteiger partial charge is 0.225 e. The van der Waals surface area contributed by atoms with Crippen LogP contribution >= 0.6 is 11.6 Å². The molecule has 0 bridgehead atoms. The lowest BCUT2D eigenvalue weighted by atomic mass is 9.84. The number of nitrogens with zero attached hydrogens (tertiary/aromatic N) is 2. The molecular formula is C20H30ClFN4O. The second-order valence-corrected chi connectivity index (χ2v) is 8.41. The highest BCUT2D eigenvalue weighted by atomic mass is 35.5. The zero-order valence-corrected chi connectivity index (χ0v) is 17.5. The summed E-state index contributed by atoms with van der Waals surface area (Å²) in [6.45, 7) is 9.97. The van der Waals surface area contributed by atoms with E-state index < -0.39 is 0 Å². The number of benzene rings is 1. The molecule has 1 saturated heterocycles. The molecule has 5 nitrogen and oxygen atoms in total. The molecule has 1 aliphatic rings. The number of amides is 1. The minimum absolute atomic E-state index is 0.0162. The molecule has 1 heterocycles. The Kier molecular flexibility index (Phi) is 7.09. The van der Waals surface area contributed by atoms with Crippen LogP contribution in [0.1, 0.15) is 39.7 Å². The molecule has 150 valence electrons. The first-order valence-electron chi connectivity index (χ1n) is 9.35. The zero-order chi connectivity index (χ0) is 20.2. The summed E-state index contributed by atoms with van der Waals surface area (Å²) in [6, 6.07) is 4.66. The van der Waals surface area contributed by atoms with Crippen molar-refractivity contribution in [3.05, 3.63) is 34.6 Å². The lowest BCUT2D eigenvalue weighted by molar-refractivity contribution is -0.133. The van der Waals surface area contributed by atoms with Crippen LogP contribution in [-0.4, -0.2) is 49.5 Å². The van der Waals surface area contributed by atoms with Gasteiger partial charge in [-0.05, 0) is 24.1 Å². The summed E-state index contributed by atoms with van der Waals surface area (Å²) in [6.07, 6.45) is 0.895. The largest absolute Gasteiger partial charge is 0.356 e. The number of halogens is 2.